The molecule has 0 saturated carbocycles. The summed E-state index contributed by atoms with van der Waals surface area (Å²) in [5, 5.41) is 11.7. The van der Waals surface area contributed by atoms with Gasteiger partial charge in [-0.05, 0) is 38.1 Å². The van der Waals surface area contributed by atoms with Crippen LogP contribution >= 0.6 is 12.4 Å². The fraction of sp³-hybridized carbons (Fsp3) is 0.273. The van der Waals surface area contributed by atoms with E-state index < -0.39 is 0 Å². The number of hydrogen-bond acceptors (Lipinski definition) is 4. The first-order chi connectivity index (χ1) is 7.67. The first-order valence-electron chi connectivity index (χ1n) is 5.02. The van der Waals surface area contributed by atoms with Crippen LogP contribution in [0, 0.1) is 6.92 Å². The van der Waals surface area contributed by atoms with Crippen molar-refractivity contribution in [3.8, 4) is 5.69 Å². The highest BCUT2D eigenvalue weighted by Crippen LogP contribution is 2.08. The van der Waals surface area contributed by atoms with Gasteiger partial charge in [0.1, 0.15) is 12.2 Å². The molecular weight excluding hydrogens is 240 g/mol. The van der Waals surface area contributed by atoms with Crippen molar-refractivity contribution in [2.24, 2.45) is 0 Å². The van der Waals surface area contributed by atoms with Crippen LogP contribution in [0.25, 0.3) is 5.69 Å². The molecule has 0 atom stereocenters. The summed E-state index contributed by atoms with van der Waals surface area (Å²) >= 11 is 0. The Labute approximate surface area is 107 Å². The third-order valence-corrected chi connectivity index (χ3v) is 1.76. The molecule has 0 saturated heterocycles. The summed E-state index contributed by atoms with van der Waals surface area (Å²) < 4.78 is 1.72. The van der Waals surface area contributed by atoms with E-state index in [-0.39, 0.29) is 19.0 Å². The Balaban J connectivity index is 0.000000583. The van der Waals surface area contributed by atoms with Gasteiger partial charge >= 0.3 is 0 Å². The summed E-state index contributed by atoms with van der Waals surface area (Å²) in [5.41, 5.74) is 7.28. The maximum Gasteiger partial charge on any atom is 0.147 e. The molecule has 0 bridgehead atoms. The Kier molecular flexibility index (Phi) is 6.93. The van der Waals surface area contributed by atoms with Crippen LogP contribution in [0.5, 0.6) is 0 Å². The van der Waals surface area contributed by atoms with E-state index in [9.17, 15) is 0 Å². The summed E-state index contributed by atoms with van der Waals surface area (Å²) in [5.74, 6) is 0.761. The van der Waals surface area contributed by atoms with Gasteiger partial charge in [0.15, 0.2) is 0 Å². The lowest BCUT2D eigenvalue weighted by molar-refractivity contribution is 0.318. The molecule has 1 aromatic carbocycles. The van der Waals surface area contributed by atoms with Crippen molar-refractivity contribution in [3.63, 3.8) is 0 Å². The normalized spacial score (nSPS) is 8.88. The van der Waals surface area contributed by atoms with Crippen LogP contribution in [0.1, 0.15) is 12.7 Å². The predicted molar refractivity (Wildman–Crippen MR) is 70.5 cm³/mol. The van der Waals surface area contributed by atoms with Crippen molar-refractivity contribution in [3.05, 3.63) is 36.4 Å². The Morgan fingerprint density at radius 2 is 1.82 bits per heavy atom. The van der Waals surface area contributed by atoms with Gasteiger partial charge in [-0.25, -0.2) is 9.67 Å². The molecule has 2 rings (SSSR count). The van der Waals surface area contributed by atoms with Crippen molar-refractivity contribution in [2.75, 3.05) is 12.3 Å². The molecule has 0 fully saturated rings. The van der Waals surface area contributed by atoms with E-state index in [1.807, 2.05) is 31.2 Å². The van der Waals surface area contributed by atoms with Crippen molar-refractivity contribution in [1.29, 1.82) is 0 Å². The molecule has 1 heterocycles. The maximum atomic E-state index is 7.57. The number of halogens is 1. The number of nitrogen functional groups attached to an aromatic ring is 1. The smallest absolute Gasteiger partial charge is 0.147 e. The number of nitrogens with zero attached hydrogens (tertiary/aromatic N) is 3. The number of aromatic nitrogens is 3. The molecule has 0 unspecified atom stereocenters. The molecule has 0 aliphatic heterocycles. The fourth-order valence-corrected chi connectivity index (χ4v) is 1.10. The largest absolute Gasteiger partial charge is 0.399 e. The average Bonchev–Trinajstić information content (AvgIpc) is 2.67. The summed E-state index contributed by atoms with van der Waals surface area (Å²) in [4.78, 5) is 4.04. The SMILES string of the molecule is CCO.Cc1ncn(-c2ccc(N)cc2)n1.Cl. The van der Waals surface area contributed by atoms with E-state index in [4.69, 9.17) is 10.8 Å². The van der Waals surface area contributed by atoms with Gasteiger partial charge in [0.05, 0.1) is 5.69 Å². The summed E-state index contributed by atoms with van der Waals surface area (Å²) in [7, 11) is 0. The zero-order valence-corrected chi connectivity index (χ0v) is 10.7. The maximum absolute atomic E-state index is 7.57. The number of rotatable bonds is 1. The zero-order chi connectivity index (χ0) is 12.0. The van der Waals surface area contributed by atoms with Crippen LogP contribution in [0.15, 0.2) is 30.6 Å². The lowest BCUT2D eigenvalue weighted by Gasteiger charge is -1.99. The molecule has 0 aliphatic rings. The standard InChI is InChI=1S/C9H10N4.C2H6O.ClH/c1-7-11-6-13(12-7)9-4-2-8(10)3-5-9;1-2-3;/h2-6H,10H2,1H3;3H,2H2,1H3;1H. The molecule has 94 valence electrons. The van der Waals surface area contributed by atoms with Crippen LogP contribution in [0.2, 0.25) is 0 Å². The molecule has 0 spiro atoms. The van der Waals surface area contributed by atoms with Crippen LogP contribution in [0.4, 0.5) is 5.69 Å². The third kappa shape index (κ3) is 4.84. The van der Waals surface area contributed by atoms with Gasteiger partial charge in [-0.3, -0.25) is 0 Å². The fourth-order valence-electron chi connectivity index (χ4n) is 1.10. The Hall–Kier alpha value is -1.59. The van der Waals surface area contributed by atoms with Gasteiger partial charge < -0.3 is 10.8 Å². The minimum absolute atomic E-state index is 0. The van der Waals surface area contributed by atoms with Crippen LogP contribution in [-0.2, 0) is 0 Å². The first-order valence-corrected chi connectivity index (χ1v) is 5.02. The highest BCUT2D eigenvalue weighted by Gasteiger charge is 1.97. The molecule has 17 heavy (non-hydrogen) atoms. The second-order valence-electron chi connectivity index (χ2n) is 3.14. The van der Waals surface area contributed by atoms with Crippen LogP contribution in [-0.4, -0.2) is 26.5 Å². The molecule has 6 heteroatoms. The molecule has 0 aliphatic carbocycles. The highest BCUT2D eigenvalue weighted by atomic mass is 35.5. The van der Waals surface area contributed by atoms with Crippen LogP contribution < -0.4 is 5.73 Å². The summed E-state index contributed by atoms with van der Waals surface area (Å²) in [6.45, 7) is 3.79. The topological polar surface area (TPSA) is 77.0 Å². The molecule has 0 radical (unpaired) electrons. The quantitative estimate of drug-likeness (QED) is 0.760. The minimum Gasteiger partial charge on any atom is -0.399 e. The van der Waals surface area contributed by atoms with Crippen molar-refractivity contribution in [2.45, 2.75) is 13.8 Å². The van der Waals surface area contributed by atoms with Crippen LogP contribution in [0.3, 0.4) is 0 Å². The summed E-state index contributed by atoms with van der Waals surface area (Å²) in [6.07, 6.45) is 1.68. The van der Waals surface area contributed by atoms with Crippen molar-refractivity contribution >= 4 is 18.1 Å². The number of aliphatic hydroxyl groups is 1. The minimum atomic E-state index is 0. The predicted octanol–water partition coefficient (Wildman–Crippen LogP) is 1.58. The third-order valence-electron chi connectivity index (χ3n) is 1.76. The second kappa shape index (κ2) is 7.65. The molecule has 5 nitrogen and oxygen atoms in total. The number of aryl methyl sites for hydroxylation is 1. The van der Waals surface area contributed by atoms with Crippen molar-refractivity contribution < 1.29 is 5.11 Å². The van der Waals surface area contributed by atoms with Gasteiger partial charge in [-0.2, -0.15) is 5.10 Å². The lowest BCUT2D eigenvalue weighted by Crippen LogP contribution is -1.95. The molecule has 3 N–H and O–H groups in total. The van der Waals surface area contributed by atoms with E-state index >= 15 is 0 Å². The van der Waals surface area contributed by atoms with Gasteiger partial charge in [-0.15, -0.1) is 12.4 Å². The number of benzene rings is 1. The van der Waals surface area contributed by atoms with Gasteiger partial charge in [0.25, 0.3) is 0 Å². The molecule has 1 aromatic heterocycles. The Morgan fingerprint density at radius 3 is 2.24 bits per heavy atom. The van der Waals surface area contributed by atoms with Gasteiger partial charge in [0.2, 0.25) is 0 Å². The second-order valence-corrected chi connectivity index (χ2v) is 3.14. The van der Waals surface area contributed by atoms with Gasteiger partial charge in [0, 0.05) is 12.3 Å². The number of nitrogens with two attached hydrogens (primary N) is 1. The number of aliphatic hydroxyl groups excluding tert-OH is 1. The van der Waals surface area contributed by atoms with E-state index in [1.54, 1.807) is 17.9 Å². The van der Waals surface area contributed by atoms with E-state index in [0.717, 1.165) is 17.2 Å². The van der Waals surface area contributed by atoms with E-state index in [0.29, 0.717) is 0 Å². The molecule has 0 amide bonds. The van der Waals surface area contributed by atoms with E-state index in [1.165, 1.54) is 0 Å². The molecule has 2 aromatic rings. The monoisotopic (exact) mass is 256 g/mol. The number of hydrogen-bond donors (Lipinski definition) is 2. The first kappa shape index (κ1) is 15.4. The Bertz CT molecular complexity index is 427. The molecular formula is C11H17ClN4O. The lowest BCUT2D eigenvalue weighted by atomic mass is 10.3. The van der Waals surface area contributed by atoms with E-state index in [2.05, 4.69) is 10.1 Å². The number of anilines is 1. The summed E-state index contributed by atoms with van der Waals surface area (Å²) in [6, 6.07) is 7.49. The zero-order valence-electron chi connectivity index (χ0n) is 9.87. The average molecular weight is 257 g/mol. The Morgan fingerprint density at radius 1 is 1.29 bits per heavy atom. The van der Waals surface area contributed by atoms with Gasteiger partial charge in [-0.1, -0.05) is 0 Å². The highest BCUT2D eigenvalue weighted by molar-refractivity contribution is 5.85. The van der Waals surface area contributed by atoms with Crippen molar-refractivity contribution in [1.82, 2.24) is 14.8 Å².